The molecule has 0 fully saturated rings. The van der Waals surface area contributed by atoms with Crippen LogP contribution in [0.3, 0.4) is 0 Å². The molecule has 0 saturated heterocycles. The summed E-state index contributed by atoms with van der Waals surface area (Å²) in [6.45, 7) is 0. The summed E-state index contributed by atoms with van der Waals surface area (Å²) < 4.78 is 24.9. The van der Waals surface area contributed by atoms with Crippen LogP contribution in [0, 0.1) is 0 Å². The van der Waals surface area contributed by atoms with Crippen LogP contribution >= 0.6 is 12.4 Å². The van der Waals surface area contributed by atoms with E-state index in [0.717, 1.165) is 6.33 Å². The van der Waals surface area contributed by atoms with Crippen LogP contribution in [-0.2, 0) is 10.2 Å². The fourth-order valence-electron chi connectivity index (χ4n) is 0.687. The van der Waals surface area contributed by atoms with Crippen LogP contribution in [-0.4, -0.2) is 27.3 Å². The molecule has 11 heteroatoms. The Balaban J connectivity index is 0.000000360. The predicted molar refractivity (Wildman–Crippen MR) is 61.5 cm³/mol. The number of hydrogen-bond donors (Lipinski definition) is 1. The van der Waals surface area contributed by atoms with Gasteiger partial charge in [-0.3, -0.25) is 0 Å². The van der Waals surface area contributed by atoms with E-state index >= 15 is 0 Å². The molecule has 1 N–H and O–H groups in total. The van der Waals surface area contributed by atoms with Crippen molar-refractivity contribution in [1.29, 1.82) is 0 Å². The lowest BCUT2D eigenvalue weighted by Crippen LogP contribution is -2.05. The van der Waals surface area contributed by atoms with E-state index in [0.29, 0.717) is 3.97 Å². The van der Waals surface area contributed by atoms with Crippen LogP contribution in [0.1, 0.15) is 0 Å². The van der Waals surface area contributed by atoms with Gasteiger partial charge in [-0.25, -0.2) is 13.9 Å². The van der Waals surface area contributed by atoms with Crippen molar-refractivity contribution in [2.45, 2.75) is 0 Å². The monoisotopic (exact) mass is 277 g/mol. The van der Waals surface area contributed by atoms with Crippen LogP contribution < -0.4 is 0 Å². The topological polar surface area (TPSA) is 129 Å². The number of H-pyrrole nitrogens is 1. The third kappa shape index (κ3) is 5.02. The Labute approximate surface area is 103 Å². The largest absolute Gasteiger partial charge is 0.351 e. The van der Waals surface area contributed by atoms with Crippen LogP contribution in [0.4, 0.5) is 0 Å². The first-order chi connectivity index (χ1) is 7.67. The van der Waals surface area contributed by atoms with E-state index in [4.69, 9.17) is 5.53 Å². The number of imidazole rings is 2. The quantitative estimate of drug-likeness (QED) is 0.500. The van der Waals surface area contributed by atoms with Crippen molar-refractivity contribution >= 4 is 22.6 Å². The fourth-order valence-corrected chi connectivity index (χ4v) is 1.25. The Morgan fingerprint density at radius 2 is 2.12 bits per heavy atom. The smallest absolute Gasteiger partial charge is 0.329 e. The highest BCUT2D eigenvalue weighted by molar-refractivity contribution is 7.88. The molecule has 2 rings (SSSR count). The van der Waals surface area contributed by atoms with Crippen LogP contribution in [0.2, 0.25) is 0 Å². The summed E-state index contributed by atoms with van der Waals surface area (Å²) in [6, 6.07) is 0. The molecule has 92 valence electrons. The third-order valence-corrected chi connectivity index (χ3v) is 2.32. The van der Waals surface area contributed by atoms with E-state index < -0.39 is 10.2 Å². The zero-order valence-corrected chi connectivity index (χ0v) is 9.91. The number of nitrogens with zero attached hydrogens (tertiary/aromatic N) is 6. The number of aromatic nitrogens is 4. The molecule has 9 nitrogen and oxygen atoms in total. The number of rotatable bonds is 2. The summed E-state index contributed by atoms with van der Waals surface area (Å²) in [5.74, 6) is 0. The van der Waals surface area contributed by atoms with Gasteiger partial charge in [0.2, 0.25) is 0 Å². The maximum absolute atomic E-state index is 10.8. The second kappa shape index (κ2) is 7.28. The number of azide groups is 1. The van der Waals surface area contributed by atoms with Crippen LogP contribution in [0.15, 0.2) is 42.0 Å². The summed E-state index contributed by atoms with van der Waals surface area (Å²) >= 11 is 0. The molecule has 0 amide bonds. The fraction of sp³-hybridized carbons (Fsp3) is 0. The zero-order chi connectivity index (χ0) is 11.9. The summed E-state index contributed by atoms with van der Waals surface area (Å²) in [5, 5.41) is 0. The van der Waals surface area contributed by atoms with E-state index in [2.05, 4.69) is 24.4 Å². The Kier molecular flexibility index (Phi) is 6.41. The highest BCUT2D eigenvalue weighted by atomic mass is 35.5. The molecule has 2 heterocycles. The summed E-state index contributed by atoms with van der Waals surface area (Å²) in [4.78, 5) is 12.0. The standard InChI is InChI=1S/C3H3N5O2S.C3H4N2.ClH/c4-6-7-11(9,10)8-2-1-5-3-8;1-2-5-3-4-1;/h1-3H;1-3H,(H,4,5);1H. The lowest BCUT2D eigenvalue weighted by molar-refractivity contribution is 0.588. The van der Waals surface area contributed by atoms with Crippen molar-refractivity contribution in [2.75, 3.05) is 0 Å². The predicted octanol–water partition coefficient (Wildman–Crippen LogP) is 1.12. The molecule has 0 aliphatic heterocycles. The summed E-state index contributed by atoms with van der Waals surface area (Å²) in [7, 11) is -3.90. The Bertz CT molecular complexity index is 526. The summed E-state index contributed by atoms with van der Waals surface area (Å²) in [5.41, 5.74) is 7.85. The average Bonchev–Trinajstić information content (AvgIpc) is 2.95. The molecule has 0 spiro atoms. The number of aromatic amines is 1. The van der Waals surface area contributed by atoms with Gasteiger partial charge in [0.1, 0.15) is 6.33 Å². The zero-order valence-electron chi connectivity index (χ0n) is 8.28. The number of halogens is 1. The van der Waals surface area contributed by atoms with Crippen LogP contribution in [0.5, 0.6) is 0 Å². The molecule has 2 aromatic heterocycles. The highest BCUT2D eigenvalue weighted by Gasteiger charge is 2.07. The minimum Gasteiger partial charge on any atom is -0.351 e. The van der Waals surface area contributed by atoms with Crippen molar-refractivity contribution in [2.24, 2.45) is 4.52 Å². The van der Waals surface area contributed by atoms with Gasteiger partial charge in [0.05, 0.1) is 10.8 Å². The van der Waals surface area contributed by atoms with E-state index in [-0.39, 0.29) is 12.4 Å². The maximum Gasteiger partial charge on any atom is 0.329 e. The molecule has 0 bridgehead atoms. The third-order valence-electron chi connectivity index (χ3n) is 1.29. The Morgan fingerprint density at radius 1 is 1.35 bits per heavy atom. The molecule has 17 heavy (non-hydrogen) atoms. The molecular weight excluding hydrogens is 270 g/mol. The van der Waals surface area contributed by atoms with E-state index in [9.17, 15) is 8.42 Å². The molecule has 0 unspecified atom stereocenters. The van der Waals surface area contributed by atoms with Crippen LogP contribution in [0.25, 0.3) is 10.4 Å². The minimum absolute atomic E-state index is 0. The lowest BCUT2D eigenvalue weighted by atomic mass is 11.0. The number of hydrogen-bond acceptors (Lipinski definition) is 4. The van der Waals surface area contributed by atoms with Gasteiger partial charge in [0.25, 0.3) is 0 Å². The van der Waals surface area contributed by atoms with Gasteiger partial charge in [0.15, 0.2) is 0 Å². The molecule has 0 aliphatic rings. The van der Waals surface area contributed by atoms with Gasteiger partial charge in [-0.2, -0.15) is 8.42 Å². The molecule has 2 aromatic rings. The maximum atomic E-state index is 10.8. The highest BCUT2D eigenvalue weighted by Crippen LogP contribution is 1.97. The van der Waals surface area contributed by atoms with Gasteiger partial charge in [0, 0.05) is 29.7 Å². The van der Waals surface area contributed by atoms with Crippen molar-refractivity contribution in [3.05, 3.63) is 47.9 Å². The van der Waals surface area contributed by atoms with Crippen molar-refractivity contribution in [1.82, 2.24) is 18.9 Å². The second-order valence-corrected chi connectivity index (χ2v) is 3.78. The Morgan fingerprint density at radius 3 is 2.47 bits per heavy atom. The van der Waals surface area contributed by atoms with Crippen molar-refractivity contribution in [3.8, 4) is 0 Å². The summed E-state index contributed by atoms with van der Waals surface area (Å²) in [6.07, 6.45) is 8.55. The van der Waals surface area contributed by atoms with Crippen molar-refractivity contribution < 1.29 is 8.42 Å². The SMILES string of the molecule is Cl.[N-]=[N+]=NS(=O)(=O)n1ccnc1.c1c[nH]cn1. The minimum atomic E-state index is -3.90. The number of nitrogens with one attached hydrogen (secondary N) is 1. The second-order valence-electron chi connectivity index (χ2n) is 2.30. The molecule has 0 saturated carbocycles. The molecule has 0 aromatic carbocycles. The first-order valence-electron chi connectivity index (χ1n) is 3.89. The van der Waals surface area contributed by atoms with Gasteiger partial charge in [-0.15, -0.1) is 12.4 Å². The molecule has 0 atom stereocenters. The Hall–Kier alpha value is -2.03. The van der Waals surface area contributed by atoms with Crippen molar-refractivity contribution in [3.63, 3.8) is 0 Å². The average molecular weight is 278 g/mol. The van der Waals surface area contributed by atoms with E-state index in [1.807, 2.05) is 0 Å². The first kappa shape index (κ1) is 15.0. The van der Waals surface area contributed by atoms with Gasteiger partial charge < -0.3 is 4.98 Å². The van der Waals surface area contributed by atoms with Gasteiger partial charge in [-0.05, 0) is 5.53 Å². The van der Waals surface area contributed by atoms with Gasteiger partial charge >= 0.3 is 10.2 Å². The molecule has 0 aliphatic carbocycles. The first-order valence-corrected chi connectivity index (χ1v) is 5.29. The lowest BCUT2D eigenvalue weighted by Gasteiger charge is -1.92. The molecule has 0 radical (unpaired) electrons. The van der Waals surface area contributed by atoms with E-state index in [1.54, 1.807) is 18.7 Å². The van der Waals surface area contributed by atoms with E-state index in [1.165, 1.54) is 12.4 Å². The normalized spacial score (nSPS) is 9.18. The molecular formula is C6H8ClN7O2S. The van der Waals surface area contributed by atoms with Gasteiger partial charge in [-0.1, -0.05) is 0 Å².